The lowest BCUT2D eigenvalue weighted by Crippen LogP contribution is -2.00. The highest BCUT2D eigenvalue weighted by molar-refractivity contribution is 7.26. The van der Waals surface area contributed by atoms with Crippen molar-refractivity contribution in [3.8, 4) is 51.0 Å². The van der Waals surface area contributed by atoms with E-state index in [0.29, 0.717) is 17.5 Å². The van der Waals surface area contributed by atoms with E-state index in [1.54, 1.807) is 0 Å². The summed E-state index contributed by atoms with van der Waals surface area (Å²) in [6, 6.07) is 59.7. The van der Waals surface area contributed by atoms with Crippen molar-refractivity contribution >= 4 is 53.3 Å². The number of aromatic nitrogens is 4. The molecule has 3 aromatic heterocycles. The molecular formula is C45H28N4S. The molecule has 5 heteroatoms. The molecule has 3 heterocycles. The SMILES string of the molecule is c1ccc(-c2nc(-c3ccccc3)nc(-c3ccc4c(c3)sc3cccc(-n5c6ccccc6c6c(-c7ccccc7)cccc65)c34)n2)cc1. The Morgan fingerprint density at radius 1 is 0.380 bits per heavy atom. The highest BCUT2D eigenvalue weighted by atomic mass is 32.1. The standard InChI is InChI=1S/C45H28N4S/c1-4-14-29(15-5-1)33-21-12-23-37-41(33)34-20-10-11-22-36(34)49(37)38-24-13-25-39-42(38)35-27-26-32(28-40(35)50-39)45-47-43(30-16-6-2-7-17-30)46-44(48-45)31-18-8-3-9-19-31/h1-28H. The summed E-state index contributed by atoms with van der Waals surface area (Å²) in [5, 5.41) is 4.98. The highest BCUT2D eigenvalue weighted by Gasteiger charge is 2.20. The minimum Gasteiger partial charge on any atom is -0.309 e. The summed E-state index contributed by atoms with van der Waals surface area (Å²) < 4.78 is 4.88. The quantitative estimate of drug-likeness (QED) is 0.185. The van der Waals surface area contributed by atoms with Crippen molar-refractivity contribution in [2.45, 2.75) is 0 Å². The summed E-state index contributed by atoms with van der Waals surface area (Å²) in [7, 11) is 0. The van der Waals surface area contributed by atoms with Gasteiger partial charge in [0.1, 0.15) is 0 Å². The van der Waals surface area contributed by atoms with Crippen molar-refractivity contribution < 1.29 is 0 Å². The molecule has 0 aliphatic heterocycles. The monoisotopic (exact) mass is 656 g/mol. The Balaban J connectivity index is 1.18. The van der Waals surface area contributed by atoms with Gasteiger partial charge in [0.25, 0.3) is 0 Å². The predicted octanol–water partition coefficient (Wildman–Crippen LogP) is 12.0. The second-order valence-electron chi connectivity index (χ2n) is 12.4. The summed E-state index contributed by atoms with van der Waals surface area (Å²) in [5.74, 6) is 1.98. The molecule has 0 N–H and O–H groups in total. The Morgan fingerprint density at radius 3 is 1.66 bits per heavy atom. The third-order valence-corrected chi connectivity index (χ3v) is 10.6. The minimum absolute atomic E-state index is 0.660. The van der Waals surface area contributed by atoms with Gasteiger partial charge in [0, 0.05) is 47.6 Å². The first-order valence-electron chi connectivity index (χ1n) is 16.7. The summed E-state index contributed by atoms with van der Waals surface area (Å²) in [6.07, 6.45) is 0. The molecule has 0 atom stereocenters. The van der Waals surface area contributed by atoms with Crippen LogP contribution in [0.25, 0.3) is 93.0 Å². The van der Waals surface area contributed by atoms with E-state index in [4.69, 9.17) is 15.0 Å². The maximum Gasteiger partial charge on any atom is 0.164 e. The number of fused-ring (bicyclic) bond motifs is 6. The fourth-order valence-corrected chi connectivity index (χ4v) is 8.37. The molecule has 0 bridgehead atoms. The lowest BCUT2D eigenvalue weighted by molar-refractivity contribution is 1.07. The normalized spacial score (nSPS) is 11.6. The van der Waals surface area contributed by atoms with Crippen LogP contribution in [-0.4, -0.2) is 19.5 Å². The van der Waals surface area contributed by atoms with E-state index in [1.165, 1.54) is 58.8 Å². The second kappa shape index (κ2) is 11.6. The molecule has 0 aliphatic carbocycles. The van der Waals surface area contributed by atoms with Gasteiger partial charge in [0.2, 0.25) is 0 Å². The third kappa shape index (κ3) is 4.63. The molecule has 0 aliphatic rings. The van der Waals surface area contributed by atoms with Crippen molar-refractivity contribution in [2.75, 3.05) is 0 Å². The van der Waals surface area contributed by atoms with Crippen molar-refractivity contribution in [1.29, 1.82) is 0 Å². The average Bonchev–Trinajstić information content (AvgIpc) is 3.74. The Kier molecular flexibility index (Phi) is 6.64. The summed E-state index contributed by atoms with van der Waals surface area (Å²) in [5.41, 5.74) is 8.92. The Labute approximate surface area is 292 Å². The van der Waals surface area contributed by atoms with Crippen LogP contribution in [0.3, 0.4) is 0 Å². The number of benzene rings is 7. The van der Waals surface area contributed by atoms with Crippen LogP contribution in [-0.2, 0) is 0 Å². The Hall–Kier alpha value is -6.43. The van der Waals surface area contributed by atoms with Gasteiger partial charge >= 0.3 is 0 Å². The fourth-order valence-electron chi connectivity index (χ4n) is 7.21. The first kappa shape index (κ1) is 28.6. The third-order valence-electron chi connectivity index (χ3n) is 9.46. The van der Waals surface area contributed by atoms with Crippen LogP contribution in [0.1, 0.15) is 0 Å². The molecule has 10 aromatic rings. The Bertz CT molecular complexity index is 2800. The van der Waals surface area contributed by atoms with E-state index in [0.717, 1.165) is 16.7 Å². The van der Waals surface area contributed by atoms with Crippen LogP contribution in [0, 0.1) is 0 Å². The van der Waals surface area contributed by atoms with Gasteiger partial charge in [-0.05, 0) is 41.5 Å². The van der Waals surface area contributed by atoms with Crippen LogP contribution < -0.4 is 0 Å². The van der Waals surface area contributed by atoms with Crippen LogP contribution >= 0.6 is 11.3 Å². The van der Waals surface area contributed by atoms with Gasteiger partial charge in [-0.15, -0.1) is 11.3 Å². The molecule has 234 valence electrons. The number of nitrogens with zero attached hydrogens (tertiary/aromatic N) is 4. The zero-order chi connectivity index (χ0) is 33.0. The largest absolute Gasteiger partial charge is 0.309 e. The molecule has 0 spiro atoms. The van der Waals surface area contributed by atoms with Crippen molar-refractivity contribution in [2.24, 2.45) is 0 Å². The molecule has 0 unspecified atom stereocenters. The molecule has 7 aromatic carbocycles. The Morgan fingerprint density at radius 2 is 0.960 bits per heavy atom. The number of hydrogen-bond acceptors (Lipinski definition) is 4. The topological polar surface area (TPSA) is 43.6 Å². The van der Waals surface area contributed by atoms with Crippen LogP contribution in [0.4, 0.5) is 0 Å². The van der Waals surface area contributed by atoms with Gasteiger partial charge in [0.05, 0.1) is 16.7 Å². The van der Waals surface area contributed by atoms with Gasteiger partial charge in [-0.1, -0.05) is 140 Å². The number of thiophene rings is 1. The molecule has 0 radical (unpaired) electrons. The maximum absolute atomic E-state index is 5.00. The van der Waals surface area contributed by atoms with Gasteiger partial charge in [-0.25, -0.2) is 15.0 Å². The van der Waals surface area contributed by atoms with E-state index in [1.807, 2.05) is 72.0 Å². The maximum atomic E-state index is 5.00. The molecule has 4 nitrogen and oxygen atoms in total. The molecule has 0 fully saturated rings. The van der Waals surface area contributed by atoms with Crippen molar-refractivity contribution in [3.63, 3.8) is 0 Å². The molecule has 0 saturated carbocycles. The van der Waals surface area contributed by atoms with Crippen LogP contribution in [0.2, 0.25) is 0 Å². The smallest absolute Gasteiger partial charge is 0.164 e. The fraction of sp³-hybridized carbons (Fsp3) is 0. The summed E-state index contributed by atoms with van der Waals surface area (Å²) in [4.78, 5) is 14.9. The summed E-state index contributed by atoms with van der Waals surface area (Å²) >= 11 is 1.81. The van der Waals surface area contributed by atoms with Gasteiger partial charge < -0.3 is 4.57 Å². The van der Waals surface area contributed by atoms with E-state index < -0.39 is 0 Å². The number of para-hydroxylation sites is 1. The van der Waals surface area contributed by atoms with Crippen molar-refractivity contribution in [1.82, 2.24) is 19.5 Å². The van der Waals surface area contributed by atoms with E-state index in [-0.39, 0.29) is 0 Å². The minimum atomic E-state index is 0.660. The van der Waals surface area contributed by atoms with Crippen LogP contribution in [0.15, 0.2) is 170 Å². The molecule has 0 amide bonds. The van der Waals surface area contributed by atoms with Crippen LogP contribution in [0.5, 0.6) is 0 Å². The first-order valence-corrected chi connectivity index (χ1v) is 17.5. The molecule has 0 saturated heterocycles. The average molecular weight is 657 g/mol. The van der Waals surface area contributed by atoms with E-state index in [9.17, 15) is 0 Å². The summed E-state index contributed by atoms with van der Waals surface area (Å²) in [6.45, 7) is 0. The van der Waals surface area contributed by atoms with Gasteiger partial charge in [-0.3, -0.25) is 0 Å². The number of hydrogen-bond donors (Lipinski definition) is 0. The lowest BCUT2D eigenvalue weighted by atomic mass is 9.99. The first-order chi connectivity index (χ1) is 24.8. The van der Waals surface area contributed by atoms with Gasteiger partial charge in [-0.2, -0.15) is 0 Å². The highest BCUT2D eigenvalue weighted by Crippen LogP contribution is 2.43. The zero-order valence-corrected chi connectivity index (χ0v) is 27.7. The van der Waals surface area contributed by atoms with Gasteiger partial charge in [0.15, 0.2) is 17.5 Å². The zero-order valence-electron chi connectivity index (χ0n) is 26.9. The van der Waals surface area contributed by atoms with E-state index >= 15 is 0 Å². The van der Waals surface area contributed by atoms with Crippen molar-refractivity contribution in [3.05, 3.63) is 170 Å². The lowest BCUT2D eigenvalue weighted by Gasteiger charge is -2.11. The number of rotatable bonds is 5. The second-order valence-corrected chi connectivity index (χ2v) is 13.5. The van der Waals surface area contributed by atoms with E-state index in [2.05, 4.69) is 114 Å². The molecule has 10 rings (SSSR count). The molecule has 50 heavy (non-hydrogen) atoms. The predicted molar refractivity (Wildman–Crippen MR) is 209 cm³/mol. The molecular weight excluding hydrogens is 629 g/mol.